The van der Waals surface area contributed by atoms with E-state index in [1.807, 2.05) is 24.3 Å². The first-order chi connectivity index (χ1) is 11.8. The number of hydrogen-bond donors (Lipinski definition) is 2. The Morgan fingerprint density at radius 1 is 0.800 bits per heavy atom. The quantitative estimate of drug-likeness (QED) is 0.860. The summed E-state index contributed by atoms with van der Waals surface area (Å²) >= 11 is 1.49. The summed E-state index contributed by atoms with van der Waals surface area (Å²) in [6.45, 7) is 4.40. The molecule has 0 radical (unpaired) electrons. The van der Waals surface area contributed by atoms with Gasteiger partial charge in [0.25, 0.3) is 0 Å². The predicted molar refractivity (Wildman–Crippen MR) is 98.4 cm³/mol. The van der Waals surface area contributed by atoms with Crippen LogP contribution in [0.1, 0.15) is 20.8 Å². The summed E-state index contributed by atoms with van der Waals surface area (Å²) in [5.74, 6) is -0.419. The van der Waals surface area contributed by atoms with E-state index in [2.05, 4.69) is 10.6 Å². The number of anilines is 4. The van der Waals surface area contributed by atoms with Crippen LogP contribution in [0.25, 0.3) is 0 Å². The molecule has 0 fully saturated rings. The van der Waals surface area contributed by atoms with E-state index >= 15 is 0 Å². The fourth-order valence-corrected chi connectivity index (χ4v) is 3.85. The Morgan fingerprint density at radius 3 is 1.60 bits per heavy atom. The van der Waals surface area contributed by atoms with Crippen molar-refractivity contribution in [2.45, 2.75) is 30.6 Å². The molecular weight excluding hydrogens is 338 g/mol. The van der Waals surface area contributed by atoms with E-state index in [1.165, 1.54) is 32.5 Å². The summed E-state index contributed by atoms with van der Waals surface area (Å²) < 4.78 is 0. The lowest BCUT2D eigenvalue weighted by Gasteiger charge is -2.31. The Balaban J connectivity index is 2.06. The molecule has 0 saturated carbocycles. The lowest BCUT2D eigenvalue weighted by Crippen LogP contribution is -2.26. The van der Waals surface area contributed by atoms with Crippen LogP contribution in [-0.2, 0) is 14.4 Å². The zero-order valence-electron chi connectivity index (χ0n) is 14.0. The van der Waals surface area contributed by atoms with Crippen LogP contribution >= 0.6 is 11.8 Å². The minimum absolute atomic E-state index is 0.109. The maximum Gasteiger partial charge on any atom is 0.228 e. The molecule has 0 saturated heterocycles. The molecule has 1 aliphatic heterocycles. The van der Waals surface area contributed by atoms with Gasteiger partial charge in [0.05, 0.1) is 11.4 Å². The van der Waals surface area contributed by atoms with E-state index in [4.69, 9.17) is 0 Å². The van der Waals surface area contributed by atoms with Gasteiger partial charge in [-0.25, -0.2) is 0 Å². The smallest absolute Gasteiger partial charge is 0.228 e. The van der Waals surface area contributed by atoms with E-state index < -0.39 is 0 Å². The molecule has 128 valence electrons. The van der Waals surface area contributed by atoms with Crippen molar-refractivity contribution in [1.82, 2.24) is 0 Å². The molecule has 2 aromatic rings. The summed E-state index contributed by atoms with van der Waals surface area (Å²) in [6.07, 6.45) is 0. The lowest BCUT2D eigenvalue weighted by atomic mass is 10.2. The molecule has 0 aliphatic carbocycles. The molecule has 1 aliphatic rings. The van der Waals surface area contributed by atoms with Crippen LogP contribution < -0.4 is 15.5 Å². The van der Waals surface area contributed by atoms with Crippen LogP contribution in [0, 0.1) is 0 Å². The third-order valence-corrected chi connectivity index (χ3v) is 4.67. The average molecular weight is 355 g/mol. The highest BCUT2D eigenvalue weighted by Gasteiger charge is 2.27. The Bertz CT molecular complexity index is 830. The number of nitrogens with one attached hydrogen (secondary N) is 2. The van der Waals surface area contributed by atoms with E-state index in [9.17, 15) is 14.4 Å². The van der Waals surface area contributed by atoms with Crippen LogP contribution in [0.2, 0.25) is 0 Å². The second-order valence-corrected chi connectivity index (χ2v) is 6.77. The Morgan fingerprint density at radius 2 is 1.24 bits per heavy atom. The zero-order chi connectivity index (χ0) is 18.1. The third kappa shape index (κ3) is 3.51. The van der Waals surface area contributed by atoms with Crippen molar-refractivity contribution in [2.24, 2.45) is 0 Å². The summed E-state index contributed by atoms with van der Waals surface area (Å²) in [5.41, 5.74) is 2.88. The number of carbonyl (C=O) groups is 3. The van der Waals surface area contributed by atoms with Crippen molar-refractivity contribution in [3.8, 4) is 0 Å². The predicted octanol–water partition coefficient (Wildman–Crippen LogP) is 3.75. The van der Waals surface area contributed by atoms with Gasteiger partial charge >= 0.3 is 0 Å². The van der Waals surface area contributed by atoms with Gasteiger partial charge in [0.1, 0.15) is 0 Å². The molecule has 7 heteroatoms. The van der Waals surface area contributed by atoms with E-state index in [0.29, 0.717) is 11.4 Å². The number of amides is 3. The number of fused-ring (bicyclic) bond motifs is 2. The molecule has 0 spiro atoms. The number of carbonyl (C=O) groups excluding carboxylic acids is 3. The fourth-order valence-electron chi connectivity index (χ4n) is 2.71. The lowest BCUT2D eigenvalue weighted by molar-refractivity contribution is -0.116. The summed E-state index contributed by atoms with van der Waals surface area (Å²) in [6, 6.07) is 10.9. The molecule has 0 atom stereocenters. The van der Waals surface area contributed by atoms with Gasteiger partial charge in [0.15, 0.2) is 0 Å². The molecule has 0 bridgehead atoms. The van der Waals surface area contributed by atoms with Crippen molar-refractivity contribution < 1.29 is 14.4 Å². The van der Waals surface area contributed by atoms with Gasteiger partial charge in [-0.3, -0.25) is 19.3 Å². The Hall–Kier alpha value is -2.80. The highest BCUT2D eigenvalue weighted by molar-refractivity contribution is 7.99. The van der Waals surface area contributed by atoms with E-state index in [-0.39, 0.29) is 17.7 Å². The molecule has 1 heterocycles. The van der Waals surface area contributed by atoms with Crippen molar-refractivity contribution in [3.05, 3.63) is 36.4 Å². The van der Waals surface area contributed by atoms with Crippen molar-refractivity contribution >= 4 is 52.2 Å². The highest BCUT2D eigenvalue weighted by atomic mass is 32.2. The van der Waals surface area contributed by atoms with Crippen molar-refractivity contribution in [2.75, 3.05) is 15.5 Å². The molecule has 3 rings (SSSR count). The Labute approximate surface area is 149 Å². The zero-order valence-corrected chi connectivity index (χ0v) is 14.9. The van der Waals surface area contributed by atoms with Crippen molar-refractivity contribution in [3.63, 3.8) is 0 Å². The standard InChI is InChI=1S/C18H17N3O3S/c1-10(22)19-13-4-6-15-17(8-13)25-18-9-14(20-11(2)23)5-7-16(18)21(15)12(3)24/h4-9H,1-3H3,(H,19,22)(H,20,23). The summed E-state index contributed by atoms with van der Waals surface area (Å²) in [5, 5.41) is 5.50. The summed E-state index contributed by atoms with van der Waals surface area (Å²) in [7, 11) is 0. The third-order valence-electron chi connectivity index (χ3n) is 3.58. The number of hydrogen-bond acceptors (Lipinski definition) is 4. The van der Waals surface area contributed by atoms with Gasteiger partial charge < -0.3 is 10.6 Å². The molecule has 2 aromatic carbocycles. The molecule has 2 N–H and O–H groups in total. The number of rotatable bonds is 2. The Kier molecular flexibility index (Phi) is 4.50. The second kappa shape index (κ2) is 6.60. The molecule has 25 heavy (non-hydrogen) atoms. The largest absolute Gasteiger partial charge is 0.326 e. The van der Waals surface area contributed by atoms with Crippen LogP contribution in [-0.4, -0.2) is 17.7 Å². The van der Waals surface area contributed by atoms with Gasteiger partial charge in [-0.05, 0) is 36.4 Å². The number of nitrogens with zero attached hydrogens (tertiary/aromatic N) is 1. The van der Waals surface area contributed by atoms with E-state index in [0.717, 1.165) is 21.2 Å². The molecule has 6 nitrogen and oxygen atoms in total. The molecular formula is C18H17N3O3S. The van der Waals surface area contributed by atoms with Crippen LogP contribution in [0.4, 0.5) is 22.7 Å². The maximum absolute atomic E-state index is 12.2. The highest BCUT2D eigenvalue weighted by Crippen LogP contribution is 2.49. The maximum atomic E-state index is 12.2. The normalized spacial score (nSPS) is 12.0. The van der Waals surface area contributed by atoms with Gasteiger partial charge in [0.2, 0.25) is 17.7 Å². The molecule has 3 amide bonds. The summed E-state index contributed by atoms with van der Waals surface area (Å²) in [4.78, 5) is 38.1. The topological polar surface area (TPSA) is 78.5 Å². The monoisotopic (exact) mass is 355 g/mol. The minimum Gasteiger partial charge on any atom is -0.326 e. The van der Waals surface area contributed by atoms with Gasteiger partial charge in [0, 0.05) is 41.9 Å². The first-order valence-corrected chi connectivity index (χ1v) is 8.48. The first-order valence-electron chi connectivity index (χ1n) is 7.67. The molecule has 0 aromatic heterocycles. The molecule has 0 unspecified atom stereocenters. The van der Waals surface area contributed by atoms with Gasteiger partial charge in [-0.1, -0.05) is 11.8 Å². The fraction of sp³-hybridized carbons (Fsp3) is 0.167. The van der Waals surface area contributed by atoms with Crippen molar-refractivity contribution in [1.29, 1.82) is 0 Å². The first kappa shape index (κ1) is 17.0. The van der Waals surface area contributed by atoms with Gasteiger partial charge in [-0.2, -0.15) is 0 Å². The SMILES string of the molecule is CC(=O)Nc1ccc2c(c1)Sc1cc(NC(C)=O)ccc1N2C(C)=O. The second-order valence-electron chi connectivity index (χ2n) is 5.68. The minimum atomic E-state index is -0.155. The average Bonchev–Trinajstić information content (AvgIpc) is 2.50. The van der Waals surface area contributed by atoms with Crippen LogP contribution in [0.5, 0.6) is 0 Å². The van der Waals surface area contributed by atoms with Crippen LogP contribution in [0.15, 0.2) is 46.2 Å². The van der Waals surface area contributed by atoms with E-state index in [1.54, 1.807) is 17.0 Å². The van der Waals surface area contributed by atoms with Crippen LogP contribution in [0.3, 0.4) is 0 Å². The number of benzene rings is 2. The van der Waals surface area contributed by atoms with Gasteiger partial charge in [-0.15, -0.1) is 0 Å².